The number of piperidine rings is 2. The van der Waals surface area contributed by atoms with Gasteiger partial charge in [-0.15, -0.1) is 24.8 Å². The van der Waals surface area contributed by atoms with Gasteiger partial charge in [-0.1, -0.05) is 0 Å². The molecule has 0 atom stereocenters. The summed E-state index contributed by atoms with van der Waals surface area (Å²) in [7, 11) is 0. The molecule has 0 aliphatic carbocycles. The van der Waals surface area contributed by atoms with E-state index in [1.54, 1.807) is 13.8 Å². The highest BCUT2D eigenvalue weighted by atomic mass is 35.5. The predicted octanol–water partition coefficient (Wildman–Crippen LogP) is 1.56. The van der Waals surface area contributed by atoms with Gasteiger partial charge in [0.15, 0.2) is 0 Å². The minimum Gasteiger partial charge on any atom is -0.341 e. The Kier molecular flexibility index (Phi) is 7.10. The number of halogens is 2. The largest absolute Gasteiger partial charge is 0.341 e. The molecule has 1 spiro atoms. The third kappa shape index (κ3) is 4.48. The molecule has 4 nitrogen and oxygen atoms in total. The van der Waals surface area contributed by atoms with Gasteiger partial charge in [0.1, 0.15) is 0 Å². The first kappa shape index (κ1) is 19.0. The van der Waals surface area contributed by atoms with E-state index >= 15 is 0 Å². The fraction of sp³-hybridized carbons (Fsp3) is 0.923. The van der Waals surface area contributed by atoms with Crippen molar-refractivity contribution < 1.29 is 4.79 Å². The van der Waals surface area contributed by atoms with Crippen LogP contribution in [0.25, 0.3) is 0 Å². The third-order valence-corrected chi connectivity index (χ3v) is 4.33. The van der Waals surface area contributed by atoms with Crippen molar-refractivity contribution in [3.8, 4) is 0 Å². The number of nitrogens with two attached hydrogens (primary N) is 1. The number of likely N-dealkylation sites (tertiary alicyclic amines) is 1. The van der Waals surface area contributed by atoms with E-state index in [1.807, 2.05) is 4.90 Å². The Balaban J connectivity index is 0.00000162. The van der Waals surface area contributed by atoms with Crippen LogP contribution in [-0.4, -0.2) is 42.5 Å². The Morgan fingerprint density at radius 1 is 1.11 bits per heavy atom. The van der Waals surface area contributed by atoms with Crippen molar-refractivity contribution in [2.24, 2.45) is 11.1 Å². The molecule has 2 aliphatic rings. The van der Waals surface area contributed by atoms with Crippen molar-refractivity contribution >= 4 is 30.7 Å². The van der Waals surface area contributed by atoms with E-state index in [9.17, 15) is 4.79 Å². The Hall–Kier alpha value is -0.0300. The monoisotopic (exact) mass is 311 g/mol. The van der Waals surface area contributed by atoms with Crippen molar-refractivity contribution in [2.45, 2.75) is 45.1 Å². The molecule has 114 valence electrons. The first-order chi connectivity index (χ1) is 7.93. The SMILES string of the molecule is CC(C)(N)C(=O)N1CCC2(CCNCC2)CC1.Cl.Cl. The van der Waals surface area contributed by atoms with E-state index in [0.29, 0.717) is 5.41 Å². The molecule has 19 heavy (non-hydrogen) atoms. The quantitative estimate of drug-likeness (QED) is 0.772. The molecule has 0 aromatic heterocycles. The Labute approximate surface area is 128 Å². The summed E-state index contributed by atoms with van der Waals surface area (Å²) in [5.74, 6) is 0.0984. The molecule has 0 unspecified atom stereocenters. The second-order valence-electron chi connectivity index (χ2n) is 6.26. The molecule has 0 aromatic rings. The van der Waals surface area contributed by atoms with Crippen molar-refractivity contribution in [1.29, 1.82) is 0 Å². The van der Waals surface area contributed by atoms with Gasteiger partial charge in [0, 0.05) is 13.1 Å². The molecule has 2 saturated heterocycles. The maximum atomic E-state index is 12.1. The summed E-state index contributed by atoms with van der Waals surface area (Å²) in [5.41, 5.74) is 5.66. The van der Waals surface area contributed by atoms with Gasteiger partial charge < -0.3 is 16.0 Å². The number of carbonyl (C=O) groups excluding carboxylic acids is 1. The van der Waals surface area contributed by atoms with Crippen LogP contribution in [0.3, 0.4) is 0 Å². The lowest BCUT2D eigenvalue weighted by molar-refractivity contribution is -0.138. The number of nitrogens with zero attached hydrogens (tertiary/aromatic N) is 1. The molecule has 6 heteroatoms. The standard InChI is InChI=1S/C13H25N3O.2ClH/c1-12(2,14)11(17)16-9-5-13(6-10-16)3-7-15-8-4-13;;/h15H,3-10,14H2,1-2H3;2*1H. The van der Waals surface area contributed by atoms with Gasteiger partial charge in [0.05, 0.1) is 5.54 Å². The highest BCUT2D eigenvalue weighted by Gasteiger charge is 2.38. The van der Waals surface area contributed by atoms with Gasteiger partial charge >= 0.3 is 0 Å². The van der Waals surface area contributed by atoms with E-state index in [1.165, 1.54) is 12.8 Å². The van der Waals surface area contributed by atoms with E-state index in [-0.39, 0.29) is 30.7 Å². The molecule has 2 fully saturated rings. The van der Waals surface area contributed by atoms with Crippen LogP contribution >= 0.6 is 24.8 Å². The first-order valence-electron chi connectivity index (χ1n) is 6.72. The van der Waals surface area contributed by atoms with E-state index in [2.05, 4.69) is 5.32 Å². The van der Waals surface area contributed by atoms with Gasteiger partial charge in [-0.05, 0) is 58.0 Å². The van der Waals surface area contributed by atoms with Crippen LogP contribution in [0.15, 0.2) is 0 Å². The molecular weight excluding hydrogens is 285 g/mol. The third-order valence-electron chi connectivity index (χ3n) is 4.33. The lowest BCUT2D eigenvalue weighted by Gasteiger charge is -2.45. The molecule has 3 N–H and O–H groups in total. The minimum absolute atomic E-state index is 0. The smallest absolute Gasteiger partial charge is 0.242 e. The topological polar surface area (TPSA) is 58.4 Å². The van der Waals surface area contributed by atoms with E-state index < -0.39 is 5.54 Å². The van der Waals surface area contributed by atoms with Crippen LogP contribution in [0.2, 0.25) is 0 Å². The van der Waals surface area contributed by atoms with Crippen molar-refractivity contribution in [1.82, 2.24) is 10.2 Å². The number of amides is 1. The lowest BCUT2D eigenvalue weighted by atomic mass is 9.71. The van der Waals surface area contributed by atoms with Crippen LogP contribution in [0.1, 0.15) is 39.5 Å². The second kappa shape index (κ2) is 7.11. The van der Waals surface area contributed by atoms with Crippen molar-refractivity contribution in [3.05, 3.63) is 0 Å². The van der Waals surface area contributed by atoms with E-state index in [0.717, 1.165) is 39.0 Å². The van der Waals surface area contributed by atoms with Gasteiger partial charge in [-0.25, -0.2) is 0 Å². The molecule has 0 saturated carbocycles. The van der Waals surface area contributed by atoms with Crippen molar-refractivity contribution in [3.63, 3.8) is 0 Å². The molecule has 0 bridgehead atoms. The van der Waals surface area contributed by atoms with Crippen LogP contribution in [0.4, 0.5) is 0 Å². The van der Waals surface area contributed by atoms with Crippen LogP contribution in [0.5, 0.6) is 0 Å². The molecule has 2 aliphatic heterocycles. The molecule has 2 heterocycles. The molecule has 0 aromatic carbocycles. The molecule has 2 rings (SSSR count). The van der Waals surface area contributed by atoms with Crippen LogP contribution in [0, 0.1) is 5.41 Å². The number of carbonyl (C=O) groups is 1. The maximum Gasteiger partial charge on any atom is 0.242 e. The Morgan fingerprint density at radius 3 is 2.00 bits per heavy atom. The first-order valence-corrected chi connectivity index (χ1v) is 6.72. The maximum absolute atomic E-state index is 12.1. The predicted molar refractivity (Wildman–Crippen MR) is 83.1 cm³/mol. The zero-order chi connectivity index (χ0) is 12.5. The van der Waals surface area contributed by atoms with Gasteiger partial charge in [0.25, 0.3) is 0 Å². The summed E-state index contributed by atoms with van der Waals surface area (Å²) in [6.07, 6.45) is 4.83. The number of rotatable bonds is 1. The van der Waals surface area contributed by atoms with E-state index in [4.69, 9.17) is 5.73 Å². The molecule has 1 amide bonds. The summed E-state index contributed by atoms with van der Waals surface area (Å²) >= 11 is 0. The summed E-state index contributed by atoms with van der Waals surface area (Å²) in [4.78, 5) is 14.0. The average molecular weight is 312 g/mol. The zero-order valence-electron chi connectivity index (χ0n) is 11.9. The van der Waals surface area contributed by atoms with Crippen molar-refractivity contribution in [2.75, 3.05) is 26.2 Å². The Bertz CT molecular complexity index is 289. The highest BCUT2D eigenvalue weighted by molar-refractivity contribution is 5.86. The highest BCUT2D eigenvalue weighted by Crippen LogP contribution is 2.39. The van der Waals surface area contributed by atoms with Gasteiger partial charge in [0.2, 0.25) is 5.91 Å². The average Bonchev–Trinajstić information content (AvgIpc) is 2.29. The normalized spacial score (nSPS) is 22.4. The minimum atomic E-state index is -0.724. The van der Waals surface area contributed by atoms with Gasteiger partial charge in [-0.3, -0.25) is 4.79 Å². The number of hydrogen-bond acceptors (Lipinski definition) is 3. The molecular formula is C13H27Cl2N3O. The summed E-state index contributed by atoms with van der Waals surface area (Å²) in [6.45, 7) is 7.64. The number of hydrogen-bond donors (Lipinski definition) is 2. The molecule has 0 radical (unpaired) electrons. The lowest BCUT2D eigenvalue weighted by Crippen LogP contribution is -2.55. The van der Waals surface area contributed by atoms with Crippen LogP contribution in [-0.2, 0) is 4.79 Å². The summed E-state index contributed by atoms with van der Waals surface area (Å²) in [6, 6.07) is 0. The second-order valence-corrected chi connectivity index (χ2v) is 6.26. The summed E-state index contributed by atoms with van der Waals surface area (Å²) < 4.78 is 0. The van der Waals surface area contributed by atoms with Crippen LogP contribution < -0.4 is 11.1 Å². The fourth-order valence-corrected chi connectivity index (χ4v) is 3.05. The fourth-order valence-electron chi connectivity index (χ4n) is 3.05. The zero-order valence-corrected chi connectivity index (χ0v) is 13.5. The Morgan fingerprint density at radius 2 is 1.58 bits per heavy atom. The van der Waals surface area contributed by atoms with Gasteiger partial charge in [-0.2, -0.15) is 0 Å². The summed E-state index contributed by atoms with van der Waals surface area (Å²) in [5, 5.41) is 3.41. The number of nitrogens with one attached hydrogen (secondary N) is 1.